The van der Waals surface area contributed by atoms with Gasteiger partial charge in [-0.2, -0.15) is 5.10 Å². The molecule has 0 aliphatic rings. The first-order chi connectivity index (χ1) is 10.1. The molecule has 0 aliphatic heterocycles. The van der Waals surface area contributed by atoms with Gasteiger partial charge in [0, 0.05) is 15.3 Å². The lowest BCUT2D eigenvalue weighted by atomic mass is 10.1. The third kappa shape index (κ3) is 3.27. The van der Waals surface area contributed by atoms with Crippen LogP contribution in [0.25, 0.3) is 11.1 Å². The average Bonchev–Trinajstić information content (AvgIpc) is 2.92. The zero-order chi connectivity index (χ0) is 14.8. The largest absolute Gasteiger partial charge is 0.268 e. The summed E-state index contributed by atoms with van der Waals surface area (Å²) < 4.78 is 16.2. The fourth-order valence-electron chi connectivity index (χ4n) is 2.11. The Morgan fingerprint density at radius 2 is 2.00 bits per heavy atom. The van der Waals surface area contributed by atoms with Crippen molar-refractivity contribution in [2.24, 2.45) is 0 Å². The van der Waals surface area contributed by atoms with Crippen LogP contribution in [0.2, 0.25) is 5.02 Å². The number of halogens is 3. The second kappa shape index (κ2) is 6.15. The summed E-state index contributed by atoms with van der Waals surface area (Å²) >= 11 is 8.10. The average molecular weight is 413 g/mol. The number of benzene rings is 2. The van der Waals surface area contributed by atoms with E-state index in [1.54, 1.807) is 12.1 Å². The fraction of sp³-hybridized carbons (Fsp3) is 0.0625. The zero-order valence-corrected chi connectivity index (χ0v) is 13.8. The molecule has 0 fully saturated rings. The standard InChI is InChI=1S/C16H11ClFIN2/c17-14-7-11(5-6-15(14)18)9-21-10-12(8-20-21)13-3-1-2-4-16(13)19/h1-8,10H,9H2. The zero-order valence-electron chi connectivity index (χ0n) is 10.9. The molecular weight excluding hydrogens is 402 g/mol. The Morgan fingerprint density at radius 3 is 2.76 bits per heavy atom. The normalized spacial score (nSPS) is 10.8. The fourth-order valence-corrected chi connectivity index (χ4v) is 3.01. The second-order valence-electron chi connectivity index (χ2n) is 4.65. The molecule has 3 aromatic rings. The molecule has 1 heterocycles. The minimum absolute atomic E-state index is 0.137. The molecule has 0 bridgehead atoms. The minimum atomic E-state index is -0.402. The predicted molar refractivity (Wildman–Crippen MR) is 90.9 cm³/mol. The Kier molecular flexibility index (Phi) is 4.26. The molecule has 21 heavy (non-hydrogen) atoms. The summed E-state index contributed by atoms with van der Waals surface area (Å²) in [6, 6.07) is 12.9. The van der Waals surface area contributed by atoms with Gasteiger partial charge in [-0.3, -0.25) is 4.68 Å². The molecule has 0 spiro atoms. The van der Waals surface area contributed by atoms with Gasteiger partial charge in [0.2, 0.25) is 0 Å². The van der Waals surface area contributed by atoms with Gasteiger partial charge in [-0.25, -0.2) is 4.39 Å². The van der Waals surface area contributed by atoms with Crippen molar-refractivity contribution in [3.63, 3.8) is 0 Å². The van der Waals surface area contributed by atoms with Crippen molar-refractivity contribution in [1.82, 2.24) is 9.78 Å². The molecule has 0 radical (unpaired) electrons. The Morgan fingerprint density at radius 1 is 1.19 bits per heavy atom. The van der Waals surface area contributed by atoms with Gasteiger partial charge in [0.05, 0.1) is 17.8 Å². The Bertz CT molecular complexity index is 785. The van der Waals surface area contributed by atoms with Gasteiger partial charge < -0.3 is 0 Å². The molecular formula is C16H11ClFIN2. The van der Waals surface area contributed by atoms with E-state index in [0.29, 0.717) is 6.54 Å². The molecule has 0 saturated carbocycles. The number of hydrogen-bond acceptors (Lipinski definition) is 1. The third-order valence-corrected chi connectivity index (χ3v) is 4.38. The highest BCUT2D eigenvalue weighted by molar-refractivity contribution is 14.1. The quantitative estimate of drug-likeness (QED) is 0.554. The van der Waals surface area contributed by atoms with Crippen molar-refractivity contribution in [1.29, 1.82) is 0 Å². The van der Waals surface area contributed by atoms with Crippen molar-refractivity contribution in [3.8, 4) is 11.1 Å². The van der Waals surface area contributed by atoms with Crippen LogP contribution in [-0.2, 0) is 6.54 Å². The number of aromatic nitrogens is 2. The Hall–Kier alpha value is -1.40. The molecule has 5 heteroatoms. The highest BCUT2D eigenvalue weighted by Gasteiger charge is 2.06. The highest BCUT2D eigenvalue weighted by Crippen LogP contribution is 2.24. The molecule has 0 unspecified atom stereocenters. The molecule has 2 aromatic carbocycles. The predicted octanol–water partition coefficient (Wildman–Crippen LogP) is 5.00. The molecule has 0 saturated heterocycles. The lowest BCUT2D eigenvalue weighted by Crippen LogP contribution is -2.00. The maximum Gasteiger partial charge on any atom is 0.141 e. The van der Waals surface area contributed by atoms with Gasteiger partial charge in [0.1, 0.15) is 5.82 Å². The Labute approximate surface area is 140 Å². The lowest BCUT2D eigenvalue weighted by Gasteiger charge is -2.03. The summed E-state index contributed by atoms with van der Waals surface area (Å²) in [7, 11) is 0. The van der Waals surface area contributed by atoms with Crippen molar-refractivity contribution >= 4 is 34.2 Å². The minimum Gasteiger partial charge on any atom is -0.268 e. The maximum atomic E-state index is 13.2. The van der Waals surface area contributed by atoms with Gasteiger partial charge in [-0.1, -0.05) is 35.9 Å². The van der Waals surface area contributed by atoms with Crippen LogP contribution in [-0.4, -0.2) is 9.78 Å². The highest BCUT2D eigenvalue weighted by atomic mass is 127. The van der Waals surface area contributed by atoms with E-state index in [2.05, 4.69) is 39.8 Å². The molecule has 1 aromatic heterocycles. The summed E-state index contributed by atoms with van der Waals surface area (Å²) in [6.07, 6.45) is 3.82. The lowest BCUT2D eigenvalue weighted by molar-refractivity contribution is 0.625. The van der Waals surface area contributed by atoms with Gasteiger partial charge in [0.25, 0.3) is 0 Å². The first-order valence-corrected chi connectivity index (χ1v) is 7.80. The third-order valence-electron chi connectivity index (χ3n) is 3.15. The van der Waals surface area contributed by atoms with Crippen molar-refractivity contribution in [2.75, 3.05) is 0 Å². The van der Waals surface area contributed by atoms with Crippen LogP contribution in [0.5, 0.6) is 0 Å². The van der Waals surface area contributed by atoms with Crippen LogP contribution in [0.3, 0.4) is 0 Å². The molecule has 2 nitrogen and oxygen atoms in total. The Balaban J connectivity index is 1.85. The smallest absolute Gasteiger partial charge is 0.141 e. The van der Waals surface area contributed by atoms with E-state index in [1.807, 2.05) is 29.2 Å². The summed E-state index contributed by atoms with van der Waals surface area (Å²) in [4.78, 5) is 0. The van der Waals surface area contributed by atoms with E-state index in [9.17, 15) is 4.39 Å². The van der Waals surface area contributed by atoms with E-state index in [0.717, 1.165) is 16.7 Å². The van der Waals surface area contributed by atoms with E-state index in [1.165, 1.54) is 9.64 Å². The summed E-state index contributed by atoms with van der Waals surface area (Å²) in [5.74, 6) is -0.402. The van der Waals surface area contributed by atoms with Crippen LogP contribution >= 0.6 is 34.2 Å². The van der Waals surface area contributed by atoms with Crippen LogP contribution in [0.1, 0.15) is 5.56 Å². The topological polar surface area (TPSA) is 17.8 Å². The van der Waals surface area contributed by atoms with E-state index < -0.39 is 5.82 Å². The van der Waals surface area contributed by atoms with Crippen molar-refractivity contribution in [3.05, 3.63) is 74.8 Å². The van der Waals surface area contributed by atoms with Crippen LogP contribution in [0.4, 0.5) is 4.39 Å². The maximum absolute atomic E-state index is 13.2. The van der Waals surface area contributed by atoms with Crippen molar-refractivity contribution < 1.29 is 4.39 Å². The molecule has 106 valence electrons. The van der Waals surface area contributed by atoms with Crippen LogP contribution in [0.15, 0.2) is 54.9 Å². The molecule has 0 amide bonds. The molecule has 0 aliphatic carbocycles. The van der Waals surface area contributed by atoms with Crippen molar-refractivity contribution in [2.45, 2.75) is 6.54 Å². The van der Waals surface area contributed by atoms with E-state index >= 15 is 0 Å². The molecule has 3 rings (SSSR count). The monoisotopic (exact) mass is 412 g/mol. The number of rotatable bonds is 3. The van der Waals surface area contributed by atoms with Gasteiger partial charge in [0.15, 0.2) is 0 Å². The van der Waals surface area contributed by atoms with Gasteiger partial charge in [-0.05, 0) is 51.9 Å². The molecule has 0 N–H and O–H groups in total. The first-order valence-electron chi connectivity index (χ1n) is 6.35. The van der Waals surface area contributed by atoms with Gasteiger partial charge >= 0.3 is 0 Å². The molecule has 0 atom stereocenters. The van der Waals surface area contributed by atoms with Gasteiger partial charge in [-0.15, -0.1) is 0 Å². The number of hydrogen-bond donors (Lipinski definition) is 0. The van der Waals surface area contributed by atoms with E-state index in [4.69, 9.17) is 11.6 Å². The summed E-state index contributed by atoms with van der Waals surface area (Å²) in [5, 5.41) is 4.49. The summed E-state index contributed by atoms with van der Waals surface area (Å²) in [5.41, 5.74) is 3.13. The second-order valence-corrected chi connectivity index (χ2v) is 6.22. The SMILES string of the molecule is Fc1ccc(Cn2cc(-c3ccccc3I)cn2)cc1Cl. The van der Waals surface area contributed by atoms with Crippen LogP contribution < -0.4 is 0 Å². The van der Waals surface area contributed by atoms with E-state index in [-0.39, 0.29) is 5.02 Å². The van der Waals surface area contributed by atoms with Crippen LogP contribution in [0, 0.1) is 9.39 Å². The first kappa shape index (κ1) is 14.5. The summed E-state index contributed by atoms with van der Waals surface area (Å²) in [6.45, 7) is 0.559. The number of nitrogens with zero attached hydrogens (tertiary/aromatic N) is 2.